The number of aromatic nitrogens is 1. The number of nitriles is 1. The summed E-state index contributed by atoms with van der Waals surface area (Å²) in [6, 6.07) is 3.37. The number of sulfonamides is 1. The van der Waals surface area contributed by atoms with Crippen LogP contribution in [0.15, 0.2) is 12.3 Å². The van der Waals surface area contributed by atoms with Gasteiger partial charge in [-0.15, -0.1) is 0 Å². The minimum absolute atomic E-state index is 0.209. The molecule has 0 aliphatic rings. The summed E-state index contributed by atoms with van der Waals surface area (Å²) in [6.45, 7) is 5.72. The first-order chi connectivity index (χ1) is 7.42. The van der Waals surface area contributed by atoms with E-state index in [0.717, 1.165) is 6.26 Å². The zero-order valence-electron chi connectivity index (χ0n) is 9.77. The largest absolute Gasteiger partial charge is 0.282 e. The van der Waals surface area contributed by atoms with Crippen LogP contribution < -0.4 is 4.72 Å². The number of hydrogen-bond donors (Lipinski definition) is 1. The quantitative estimate of drug-likeness (QED) is 0.853. The van der Waals surface area contributed by atoms with E-state index in [9.17, 15) is 8.42 Å². The van der Waals surface area contributed by atoms with Gasteiger partial charge in [0.2, 0.25) is 10.0 Å². The first-order valence-corrected chi connectivity index (χ1v) is 6.66. The molecule has 0 saturated heterocycles. The Bertz CT molecular complexity index is 489. The summed E-state index contributed by atoms with van der Waals surface area (Å²) in [5.74, 6) is 0. The van der Waals surface area contributed by atoms with Crippen LogP contribution >= 0.6 is 0 Å². The van der Waals surface area contributed by atoms with Crippen molar-refractivity contribution < 1.29 is 8.42 Å². The maximum absolute atomic E-state index is 10.9. The standard InChI is InChI=1S/C8H9N3O2S.C2H6/c1-6-3-8(11-14(2,12)13)7(4-9)5-10-6;1-2/h3,5H,1-2H3,(H,10,11);1-2H3. The van der Waals surface area contributed by atoms with Gasteiger partial charge in [0.1, 0.15) is 6.07 Å². The van der Waals surface area contributed by atoms with Gasteiger partial charge in [0.05, 0.1) is 17.5 Å². The SMILES string of the molecule is CC.Cc1cc(NS(C)(=O)=O)c(C#N)cn1. The molecule has 0 radical (unpaired) electrons. The Morgan fingerprint density at radius 2 is 2.00 bits per heavy atom. The normalized spacial score (nSPS) is 9.69. The van der Waals surface area contributed by atoms with Crippen molar-refractivity contribution in [1.82, 2.24) is 4.98 Å². The van der Waals surface area contributed by atoms with Gasteiger partial charge in [0.25, 0.3) is 0 Å². The third-order valence-corrected chi connectivity index (χ3v) is 2.05. The van der Waals surface area contributed by atoms with Crippen molar-refractivity contribution in [2.75, 3.05) is 11.0 Å². The fourth-order valence-corrected chi connectivity index (χ4v) is 1.50. The summed E-state index contributed by atoms with van der Waals surface area (Å²) in [5.41, 5.74) is 1.12. The second kappa shape index (κ2) is 6.08. The van der Waals surface area contributed by atoms with Crippen LogP contribution in [0, 0.1) is 18.3 Å². The zero-order valence-corrected chi connectivity index (χ0v) is 10.6. The minimum Gasteiger partial charge on any atom is -0.282 e. The Morgan fingerprint density at radius 3 is 2.44 bits per heavy atom. The second-order valence-corrected chi connectivity index (χ2v) is 4.61. The van der Waals surface area contributed by atoms with Crippen molar-refractivity contribution in [3.05, 3.63) is 23.5 Å². The predicted octanol–water partition coefficient (Wildman–Crippen LogP) is 1.66. The lowest BCUT2D eigenvalue weighted by atomic mass is 10.2. The number of nitrogens with one attached hydrogen (secondary N) is 1. The molecule has 0 aliphatic carbocycles. The molecule has 1 aromatic rings. The van der Waals surface area contributed by atoms with E-state index in [4.69, 9.17) is 5.26 Å². The molecule has 0 aliphatic heterocycles. The lowest BCUT2D eigenvalue weighted by Gasteiger charge is -2.05. The first-order valence-electron chi connectivity index (χ1n) is 4.77. The van der Waals surface area contributed by atoms with Crippen LogP contribution in [-0.4, -0.2) is 19.7 Å². The Hall–Kier alpha value is -1.61. The van der Waals surface area contributed by atoms with E-state index in [1.807, 2.05) is 19.9 Å². The Kier molecular flexibility index (Phi) is 5.47. The lowest BCUT2D eigenvalue weighted by Crippen LogP contribution is -2.11. The van der Waals surface area contributed by atoms with Crippen LogP contribution in [0.25, 0.3) is 0 Å². The van der Waals surface area contributed by atoms with Crippen molar-refractivity contribution in [2.45, 2.75) is 20.8 Å². The number of pyridine rings is 1. The highest BCUT2D eigenvalue weighted by molar-refractivity contribution is 7.92. The van der Waals surface area contributed by atoms with Crippen LogP contribution in [0.1, 0.15) is 25.1 Å². The zero-order chi connectivity index (χ0) is 12.8. The molecule has 1 aromatic heterocycles. The average molecular weight is 241 g/mol. The van der Waals surface area contributed by atoms with Crippen molar-refractivity contribution >= 4 is 15.7 Å². The number of nitrogens with zero attached hydrogens (tertiary/aromatic N) is 2. The van der Waals surface area contributed by atoms with Crippen LogP contribution in [0.5, 0.6) is 0 Å². The van der Waals surface area contributed by atoms with E-state index >= 15 is 0 Å². The number of hydrogen-bond acceptors (Lipinski definition) is 4. The van der Waals surface area contributed by atoms with Gasteiger partial charge in [-0.25, -0.2) is 8.42 Å². The molecule has 0 saturated carbocycles. The van der Waals surface area contributed by atoms with E-state index in [1.165, 1.54) is 12.3 Å². The topological polar surface area (TPSA) is 82.9 Å². The molecule has 1 rings (SSSR count). The highest BCUT2D eigenvalue weighted by atomic mass is 32.2. The molecule has 1 N–H and O–H groups in total. The fraction of sp³-hybridized carbons (Fsp3) is 0.400. The van der Waals surface area contributed by atoms with Gasteiger partial charge in [0.15, 0.2) is 0 Å². The van der Waals surface area contributed by atoms with Crippen LogP contribution in [0.4, 0.5) is 5.69 Å². The van der Waals surface area contributed by atoms with E-state index in [1.54, 1.807) is 6.92 Å². The molecule has 0 amide bonds. The molecule has 0 spiro atoms. The fourth-order valence-electron chi connectivity index (χ4n) is 0.933. The molecular weight excluding hydrogens is 226 g/mol. The molecule has 6 heteroatoms. The molecule has 0 aromatic carbocycles. The van der Waals surface area contributed by atoms with E-state index in [2.05, 4.69) is 9.71 Å². The summed E-state index contributed by atoms with van der Waals surface area (Å²) < 4.78 is 24.1. The average Bonchev–Trinajstić information content (AvgIpc) is 2.19. The van der Waals surface area contributed by atoms with E-state index in [-0.39, 0.29) is 11.3 Å². The molecular formula is C10H15N3O2S. The van der Waals surface area contributed by atoms with E-state index < -0.39 is 10.0 Å². The van der Waals surface area contributed by atoms with Crippen molar-refractivity contribution in [3.8, 4) is 6.07 Å². The second-order valence-electron chi connectivity index (χ2n) is 2.86. The number of rotatable bonds is 2. The first kappa shape index (κ1) is 14.4. The summed E-state index contributed by atoms with van der Waals surface area (Å²) in [5, 5.41) is 8.68. The Balaban J connectivity index is 0.00000106. The van der Waals surface area contributed by atoms with Crippen LogP contribution in [-0.2, 0) is 10.0 Å². The van der Waals surface area contributed by atoms with Gasteiger partial charge in [-0.2, -0.15) is 5.26 Å². The van der Waals surface area contributed by atoms with Gasteiger partial charge >= 0.3 is 0 Å². The molecule has 1 heterocycles. The number of anilines is 1. The molecule has 16 heavy (non-hydrogen) atoms. The van der Waals surface area contributed by atoms with Crippen LogP contribution in [0.3, 0.4) is 0 Å². The third kappa shape index (κ3) is 4.75. The molecule has 0 atom stereocenters. The molecule has 0 bridgehead atoms. The highest BCUT2D eigenvalue weighted by Crippen LogP contribution is 2.15. The van der Waals surface area contributed by atoms with Gasteiger partial charge in [0, 0.05) is 11.9 Å². The summed E-state index contributed by atoms with van der Waals surface area (Å²) in [4.78, 5) is 3.88. The lowest BCUT2D eigenvalue weighted by molar-refractivity contribution is 0.607. The highest BCUT2D eigenvalue weighted by Gasteiger charge is 2.07. The van der Waals surface area contributed by atoms with Crippen LogP contribution in [0.2, 0.25) is 0 Å². The van der Waals surface area contributed by atoms with Gasteiger partial charge in [-0.05, 0) is 13.0 Å². The third-order valence-electron chi connectivity index (χ3n) is 1.46. The maximum Gasteiger partial charge on any atom is 0.229 e. The molecule has 5 nitrogen and oxygen atoms in total. The Labute approximate surface area is 96.2 Å². The summed E-state index contributed by atoms with van der Waals surface area (Å²) >= 11 is 0. The van der Waals surface area contributed by atoms with E-state index in [0.29, 0.717) is 5.69 Å². The molecule has 0 fully saturated rings. The summed E-state index contributed by atoms with van der Waals surface area (Å²) in [7, 11) is -3.36. The van der Waals surface area contributed by atoms with Gasteiger partial charge < -0.3 is 0 Å². The van der Waals surface area contributed by atoms with Gasteiger partial charge in [-0.3, -0.25) is 9.71 Å². The van der Waals surface area contributed by atoms with Crippen molar-refractivity contribution in [1.29, 1.82) is 5.26 Å². The molecule has 88 valence electrons. The van der Waals surface area contributed by atoms with Gasteiger partial charge in [-0.1, -0.05) is 13.8 Å². The molecule has 0 unspecified atom stereocenters. The van der Waals surface area contributed by atoms with Crippen molar-refractivity contribution in [3.63, 3.8) is 0 Å². The predicted molar refractivity (Wildman–Crippen MR) is 63.5 cm³/mol. The summed E-state index contributed by atoms with van der Waals surface area (Å²) in [6.07, 6.45) is 2.37. The maximum atomic E-state index is 10.9. The smallest absolute Gasteiger partial charge is 0.229 e. The van der Waals surface area contributed by atoms with Crippen molar-refractivity contribution in [2.24, 2.45) is 0 Å². The Morgan fingerprint density at radius 1 is 1.44 bits per heavy atom. The monoisotopic (exact) mass is 241 g/mol. The minimum atomic E-state index is -3.36. The number of aryl methyl sites for hydroxylation is 1.